The van der Waals surface area contributed by atoms with Crippen LogP contribution in [0.2, 0.25) is 5.02 Å². The Morgan fingerprint density at radius 3 is 2.58 bits per heavy atom. The number of nitrogens with zero attached hydrogens (tertiary/aromatic N) is 3. The first kappa shape index (κ1) is 21.0. The van der Waals surface area contributed by atoms with Gasteiger partial charge in [0.25, 0.3) is 0 Å². The summed E-state index contributed by atoms with van der Waals surface area (Å²) in [7, 11) is 0. The van der Waals surface area contributed by atoms with Crippen LogP contribution in [0.1, 0.15) is 39.2 Å². The average Bonchev–Trinajstić information content (AvgIpc) is 3.16. The van der Waals surface area contributed by atoms with E-state index in [1.165, 1.54) is 16.5 Å². The first-order valence-corrected chi connectivity index (χ1v) is 8.91. The molecule has 0 N–H and O–H groups in total. The molecule has 1 atom stereocenters. The fourth-order valence-electron chi connectivity index (χ4n) is 3.51. The average molecular weight is 425 g/mol. The van der Waals surface area contributed by atoms with Crippen LogP contribution in [0, 0.1) is 0 Å². The van der Waals surface area contributed by atoms with Crippen molar-refractivity contribution in [2.24, 2.45) is 0 Å². The Morgan fingerprint density at radius 2 is 1.96 bits per heavy atom. The van der Waals surface area contributed by atoms with E-state index in [9.17, 15) is 4.79 Å². The van der Waals surface area contributed by atoms with E-state index >= 15 is 0 Å². The summed E-state index contributed by atoms with van der Waals surface area (Å²) in [5.41, 5.74) is 0.242. The molecule has 1 amide bonds. The molecule has 0 spiro atoms. The minimum absolute atomic E-state index is 0. The number of aryl methyl sites for hydroxylation is 1. The first-order valence-electron chi connectivity index (χ1n) is 8.53. The second-order valence-corrected chi connectivity index (χ2v) is 7.78. The summed E-state index contributed by atoms with van der Waals surface area (Å²) in [6.45, 7) is 6.59. The fraction of sp³-hybridized carbons (Fsp3) is 0.474. The van der Waals surface area contributed by atoms with Crippen molar-refractivity contribution in [2.75, 3.05) is 6.61 Å². The van der Waals surface area contributed by atoms with Gasteiger partial charge in [0.15, 0.2) is 0 Å². The quantitative estimate of drug-likeness (QED) is 0.685. The van der Waals surface area contributed by atoms with Crippen molar-refractivity contribution in [1.82, 2.24) is 14.5 Å². The molecule has 0 aliphatic carbocycles. The van der Waals surface area contributed by atoms with Gasteiger partial charge in [-0.25, -0.2) is 9.78 Å². The molecule has 1 fully saturated rings. The number of hydrogen-bond acceptors (Lipinski definition) is 3. The molecular formula is C19H24ClCuN3O2. The van der Waals surface area contributed by atoms with Crippen molar-refractivity contribution in [1.29, 1.82) is 0 Å². The van der Waals surface area contributed by atoms with E-state index < -0.39 is 5.72 Å². The SMILES string of the molecule is CC1(C)COC(C)(CCCc2ccc(Cl)cc2)N1C(=O)n1ccnc1.[Cu]. The Morgan fingerprint density at radius 1 is 1.27 bits per heavy atom. The van der Waals surface area contributed by atoms with Crippen LogP contribution in [0.15, 0.2) is 43.0 Å². The van der Waals surface area contributed by atoms with Crippen molar-refractivity contribution < 1.29 is 26.6 Å². The number of amides is 1. The Balaban J connectivity index is 0.00000243. The van der Waals surface area contributed by atoms with E-state index in [2.05, 4.69) is 4.98 Å². The molecule has 0 bridgehead atoms. The number of hydrogen-bond donors (Lipinski definition) is 0. The van der Waals surface area contributed by atoms with Gasteiger partial charge in [0.1, 0.15) is 12.1 Å². The van der Waals surface area contributed by atoms with Crippen LogP contribution in [-0.4, -0.2) is 38.4 Å². The van der Waals surface area contributed by atoms with Crippen molar-refractivity contribution in [2.45, 2.75) is 51.3 Å². The third-order valence-corrected chi connectivity index (χ3v) is 5.00. The number of rotatable bonds is 4. The molecule has 145 valence electrons. The van der Waals surface area contributed by atoms with Crippen LogP contribution in [0.25, 0.3) is 0 Å². The molecule has 1 unspecified atom stereocenters. The molecule has 1 aromatic carbocycles. The third-order valence-electron chi connectivity index (χ3n) is 4.75. The van der Waals surface area contributed by atoms with Gasteiger partial charge in [-0.15, -0.1) is 0 Å². The molecule has 1 aliphatic rings. The first-order chi connectivity index (χ1) is 11.8. The number of halogens is 1. The summed E-state index contributed by atoms with van der Waals surface area (Å²) in [5.74, 6) is 0. The van der Waals surface area contributed by atoms with Gasteiger partial charge in [0.2, 0.25) is 0 Å². The fourth-order valence-corrected chi connectivity index (χ4v) is 3.63. The second-order valence-electron chi connectivity index (χ2n) is 7.34. The molecule has 7 heteroatoms. The number of carbonyl (C=O) groups is 1. The van der Waals surface area contributed by atoms with Crippen molar-refractivity contribution in [3.8, 4) is 0 Å². The topological polar surface area (TPSA) is 47.4 Å². The van der Waals surface area contributed by atoms with Gasteiger partial charge < -0.3 is 4.74 Å². The van der Waals surface area contributed by atoms with Gasteiger partial charge in [-0.2, -0.15) is 0 Å². The Kier molecular flexibility index (Phi) is 6.56. The van der Waals surface area contributed by atoms with E-state index in [0.717, 1.165) is 24.3 Å². The number of benzene rings is 1. The molecule has 1 aliphatic heterocycles. The molecule has 5 nitrogen and oxygen atoms in total. The zero-order chi connectivity index (χ0) is 18.1. The van der Waals surface area contributed by atoms with Gasteiger partial charge in [-0.1, -0.05) is 23.7 Å². The normalized spacial score (nSPS) is 21.5. The van der Waals surface area contributed by atoms with Crippen LogP contribution >= 0.6 is 11.6 Å². The van der Waals surface area contributed by atoms with Gasteiger partial charge in [-0.3, -0.25) is 9.47 Å². The second kappa shape index (κ2) is 8.13. The molecule has 3 rings (SSSR count). The van der Waals surface area contributed by atoms with Gasteiger partial charge in [-0.05, 0) is 57.7 Å². The van der Waals surface area contributed by atoms with E-state index in [-0.39, 0.29) is 28.6 Å². The Hall–Kier alpha value is -1.33. The molecular weight excluding hydrogens is 401 g/mol. The monoisotopic (exact) mass is 424 g/mol. The van der Waals surface area contributed by atoms with E-state index in [1.807, 2.05) is 49.9 Å². The van der Waals surface area contributed by atoms with Gasteiger partial charge in [0, 0.05) is 34.5 Å². The van der Waals surface area contributed by atoms with E-state index in [1.54, 1.807) is 12.4 Å². The summed E-state index contributed by atoms with van der Waals surface area (Å²) >= 11 is 5.93. The minimum atomic E-state index is -0.628. The number of ether oxygens (including phenoxy) is 1. The van der Waals surface area contributed by atoms with Crippen LogP contribution in [-0.2, 0) is 28.2 Å². The summed E-state index contributed by atoms with van der Waals surface area (Å²) in [6, 6.07) is 7.79. The number of aromatic nitrogens is 2. The van der Waals surface area contributed by atoms with Crippen LogP contribution in [0.5, 0.6) is 0 Å². The van der Waals surface area contributed by atoms with Crippen molar-refractivity contribution in [3.05, 3.63) is 53.6 Å². The predicted octanol–water partition coefficient (Wildman–Crippen LogP) is 4.35. The molecule has 26 heavy (non-hydrogen) atoms. The molecule has 1 saturated heterocycles. The zero-order valence-electron chi connectivity index (χ0n) is 15.2. The molecule has 1 radical (unpaired) electrons. The van der Waals surface area contributed by atoms with Crippen molar-refractivity contribution >= 4 is 17.6 Å². The maximum atomic E-state index is 13.0. The summed E-state index contributed by atoms with van der Waals surface area (Å²) < 4.78 is 7.60. The third kappa shape index (κ3) is 4.31. The number of imidazole rings is 1. The smallest absolute Gasteiger partial charge is 0.332 e. The maximum Gasteiger partial charge on any atom is 0.332 e. The standard InChI is InChI=1S/C19H24ClN3O2.Cu/c1-18(2)13-25-19(3,23(18)17(24)22-12-11-21-14-22)10-4-5-15-6-8-16(20)9-7-15;/h6-9,11-12,14H,4-5,10,13H2,1-3H3;. The summed E-state index contributed by atoms with van der Waals surface area (Å²) in [4.78, 5) is 18.8. The molecule has 2 heterocycles. The summed E-state index contributed by atoms with van der Waals surface area (Å²) in [5, 5.41) is 0.744. The Bertz CT molecular complexity index is 734. The minimum Gasteiger partial charge on any atom is -0.353 e. The zero-order valence-corrected chi connectivity index (χ0v) is 16.9. The van der Waals surface area contributed by atoms with E-state index in [0.29, 0.717) is 6.61 Å². The van der Waals surface area contributed by atoms with Crippen molar-refractivity contribution in [3.63, 3.8) is 0 Å². The van der Waals surface area contributed by atoms with Crippen LogP contribution in [0.3, 0.4) is 0 Å². The van der Waals surface area contributed by atoms with Crippen LogP contribution in [0.4, 0.5) is 4.79 Å². The molecule has 1 aromatic heterocycles. The molecule has 0 saturated carbocycles. The van der Waals surface area contributed by atoms with Gasteiger partial charge in [0.05, 0.1) is 12.1 Å². The number of carbonyl (C=O) groups excluding carboxylic acids is 1. The Labute approximate surface area is 170 Å². The summed E-state index contributed by atoms with van der Waals surface area (Å²) in [6.07, 6.45) is 7.42. The predicted molar refractivity (Wildman–Crippen MR) is 97.7 cm³/mol. The van der Waals surface area contributed by atoms with E-state index in [4.69, 9.17) is 16.3 Å². The van der Waals surface area contributed by atoms with Gasteiger partial charge >= 0.3 is 6.03 Å². The maximum absolute atomic E-state index is 13.0. The largest absolute Gasteiger partial charge is 0.353 e. The molecule has 2 aromatic rings. The van der Waals surface area contributed by atoms with Crippen LogP contribution < -0.4 is 0 Å².